The standard InChI is InChI=1S/2C24H23O5.Fe/c2*1-2-3-6-17-27-20-13-15-22(16-14-20)29-24(26)19-9-11-21(12-10-19)28-23(25)18-7-4-5-8-18;/h2*4-5,7-16H,2-3,6,17H2,1H3;/q-5;-1;. The first kappa shape index (κ1) is 45.3. The van der Waals surface area contributed by atoms with Crippen LogP contribution in [-0.4, -0.2) is 37.1 Å². The summed E-state index contributed by atoms with van der Waals surface area (Å²) in [6, 6.07) is 40.1. The zero-order chi connectivity index (χ0) is 41.0. The molecular formula is C48H46FeO10-6. The monoisotopic (exact) mass is 838 g/mol. The van der Waals surface area contributed by atoms with Crippen molar-refractivity contribution in [2.45, 2.75) is 52.4 Å². The van der Waals surface area contributed by atoms with Gasteiger partial charge < -0.3 is 63.0 Å². The largest absolute Gasteiger partial charge is 0.680 e. The molecule has 0 saturated carbocycles. The molecule has 0 amide bonds. The quantitative estimate of drug-likeness (QED) is 0.0272. The molecule has 6 rings (SSSR count). The summed E-state index contributed by atoms with van der Waals surface area (Å²) in [7, 11) is 0. The van der Waals surface area contributed by atoms with Crippen LogP contribution in [0, 0.1) is 0 Å². The third-order valence-corrected chi connectivity index (χ3v) is 8.50. The second-order valence-electron chi connectivity index (χ2n) is 13.0. The fourth-order valence-electron chi connectivity index (χ4n) is 5.29. The summed E-state index contributed by atoms with van der Waals surface area (Å²) in [5.74, 6) is 1.21. The van der Waals surface area contributed by atoms with Crippen LogP contribution in [0.1, 0.15) is 93.8 Å². The Morgan fingerprint density at radius 3 is 1.24 bits per heavy atom. The van der Waals surface area contributed by atoms with Crippen LogP contribution >= 0.6 is 0 Å². The Morgan fingerprint density at radius 2 is 0.831 bits per heavy atom. The summed E-state index contributed by atoms with van der Waals surface area (Å²) in [4.78, 5) is 48.5. The van der Waals surface area contributed by atoms with Crippen molar-refractivity contribution in [3.8, 4) is 34.5 Å². The number of hydrogen-bond donors (Lipinski definition) is 0. The molecule has 59 heavy (non-hydrogen) atoms. The predicted molar refractivity (Wildman–Crippen MR) is 220 cm³/mol. The zero-order valence-corrected chi connectivity index (χ0v) is 34.1. The van der Waals surface area contributed by atoms with Crippen molar-refractivity contribution in [2.75, 3.05) is 13.2 Å². The van der Waals surface area contributed by atoms with Crippen molar-refractivity contribution >= 4 is 23.9 Å². The van der Waals surface area contributed by atoms with E-state index in [1.165, 1.54) is 0 Å². The van der Waals surface area contributed by atoms with Crippen molar-refractivity contribution in [1.82, 2.24) is 0 Å². The molecule has 0 aliphatic rings. The number of unbranched alkanes of at least 4 members (excludes halogenated alkanes) is 4. The predicted octanol–water partition coefficient (Wildman–Crippen LogP) is 10.8. The number of benzene rings is 4. The summed E-state index contributed by atoms with van der Waals surface area (Å²) >= 11 is 0. The van der Waals surface area contributed by atoms with Crippen LogP contribution in [0.15, 0.2) is 146 Å². The van der Waals surface area contributed by atoms with E-state index in [-0.39, 0.29) is 17.1 Å². The van der Waals surface area contributed by atoms with E-state index in [1.807, 2.05) is 0 Å². The number of rotatable bonds is 18. The number of carbonyl (C=O) groups is 4. The van der Waals surface area contributed by atoms with Crippen molar-refractivity contribution < 1.29 is 64.7 Å². The molecule has 0 saturated heterocycles. The summed E-state index contributed by atoms with van der Waals surface area (Å²) < 4.78 is 32.6. The number of ether oxygens (including phenoxy) is 6. The van der Waals surface area contributed by atoms with E-state index >= 15 is 0 Å². The average molecular weight is 839 g/mol. The van der Waals surface area contributed by atoms with Gasteiger partial charge in [0, 0.05) is 17.1 Å². The molecule has 0 N–H and O–H groups in total. The molecule has 10 nitrogen and oxygen atoms in total. The Bertz CT molecular complexity index is 1980. The fourth-order valence-corrected chi connectivity index (χ4v) is 5.29. The number of esters is 4. The molecule has 0 radical (unpaired) electrons. The molecule has 0 aromatic heterocycles. The Kier molecular flexibility index (Phi) is 18.7. The van der Waals surface area contributed by atoms with E-state index in [0.29, 0.717) is 58.5 Å². The summed E-state index contributed by atoms with van der Waals surface area (Å²) in [5, 5.41) is 0. The Hall–Kier alpha value is -6.42. The van der Waals surface area contributed by atoms with Gasteiger partial charge in [-0.25, -0.2) is 21.7 Å². The van der Waals surface area contributed by atoms with Crippen LogP contribution in [0.2, 0.25) is 0 Å². The van der Waals surface area contributed by atoms with E-state index in [1.54, 1.807) is 146 Å². The minimum atomic E-state index is -0.490. The van der Waals surface area contributed by atoms with E-state index < -0.39 is 23.9 Å². The summed E-state index contributed by atoms with van der Waals surface area (Å²) in [6.45, 7) is 5.65. The molecule has 0 fully saturated rings. The molecule has 0 atom stereocenters. The van der Waals surface area contributed by atoms with E-state index in [9.17, 15) is 19.2 Å². The molecule has 0 bridgehead atoms. The van der Waals surface area contributed by atoms with Gasteiger partial charge in [-0.15, -0.1) is 0 Å². The summed E-state index contributed by atoms with van der Waals surface area (Å²) in [5.41, 5.74) is 1.67. The second kappa shape index (κ2) is 24.4. The van der Waals surface area contributed by atoms with Crippen molar-refractivity contribution in [3.05, 3.63) is 168 Å². The average Bonchev–Trinajstić information content (AvgIpc) is 4.00. The Morgan fingerprint density at radius 1 is 0.475 bits per heavy atom. The van der Waals surface area contributed by atoms with Gasteiger partial charge in [0.15, 0.2) is 0 Å². The zero-order valence-electron chi connectivity index (χ0n) is 32.9. The maximum Gasteiger partial charge on any atom is 0.343 e. The minimum Gasteiger partial charge on any atom is -0.680 e. The van der Waals surface area contributed by atoms with E-state index in [0.717, 1.165) is 50.0 Å². The maximum absolute atomic E-state index is 12.3. The smallest absolute Gasteiger partial charge is 0.343 e. The fraction of sp³-hybridized carbons (Fsp3) is 0.208. The van der Waals surface area contributed by atoms with Crippen LogP contribution in [-0.2, 0) is 17.1 Å². The van der Waals surface area contributed by atoms with Crippen LogP contribution in [0.5, 0.6) is 34.5 Å². The Labute approximate surface area is 355 Å². The third-order valence-electron chi connectivity index (χ3n) is 8.50. The first-order chi connectivity index (χ1) is 28.3. The first-order valence-electron chi connectivity index (χ1n) is 19.3. The van der Waals surface area contributed by atoms with Gasteiger partial charge in [-0.1, -0.05) is 51.1 Å². The van der Waals surface area contributed by atoms with Crippen molar-refractivity contribution in [3.63, 3.8) is 0 Å². The normalized spacial score (nSPS) is 10.2. The van der Waals surface area contributed by atoms with Crippen LogP contribution in [0.25, 0.3) is 0 Å². The van der Waals surface area contributed by atoms with E-state index in [4.69, 9.17) is 28.4 Å². The molecule has 0 heterocycles. The van der Waals surface area contributed by atoms with Gasteiger partial charge in [0.25, 0.3) is 5.97 Å². The molecule has 0 aliphatic carbocycles. The molecule has 0 unspecified atom stereocenters. The van der Waals surface area contributed by atoms with Gasteiger partial charge in [0.1, 0.15) is 28.7 Å². The van der Waals surface area contributed by atoms with Crippen molar-refractivity contribution in [2.24, 2.45) is 0 Å². The molecule has 0 spiro atoms. The minimum absolute atomic E-state index is 0. The number of carbonyl (C=O) groups excluding carboxylic acids is 4. The van der Waals surface area contributed by atoms with Crippen molar-refractivity contribution in [1.29, 1.82) is 0 Å². The van der Waals surface area contributed by atoms with Gasteiger partial charge in [0.2, 0.25) is 0 Å². The van der Waals surface area contributed by atoms with Gasteiger partial charge in [-0.2, -0.15) is 12.1 Å². The van der Waals surface area contributed by atoms with Gasteiger partial charge in [-0.3, -0.25) is 4.79 Å². The third kappa shape index (κ3) is 15.1. The van der Waals surface area contributed by atoms with E-state index in [2.05, 4.69) is 13.8 Å². The number of hydrogen-bond acceptors (Lipinski definition) is 10. The molecular weight excluding hydrogens is 792 g/mol. The summed E-state index contributed by atoms with van der Waals surface area (Å²) in [6.07, 6.45) is 6.62. The van der Waals surface area contributed by atoms with Gasteiger partial charge >= 0.3 is 11.9 Å². The maximum atomic E-state index is 12.3. The first-order valence-corrected chi connectivity index (χ1v) is 19.3. The molecule has 6 aromatic rings. The molecule has 0 aliphatic heterocycles. The molecule has 312 valence electrons. The van der Waals surface area contributed by atoms with Crippen LogP contribution in [0.4, 0.5) is 0 Å². The van der Waals surface area contributed by atoms with Gasteiger partial charge in [-0.05, 0) is 110 Å². The molecule has 11 heteroatoms. The second-order valence-corrected chi connectivity index (χ2v) is 13.0. The van der Waals surface area contributed by atoms with Crippen LogP contribution < -0.4 is 28.4 Å². The van der Waals surface area contributed by atoms with Gasteiger partial charge in [0.05, 0.1) is 30.1 Å². The topological polar surface area (TPSA) is 124 Å². The molecule has 6 aromatic carbocycles. The van der Waals surface area contributed by atoms with Crippen LogP contribution in [0.3, 0.4) is 0 Å². The SMILES string of the molecule is CCCCCOc1ccc(OC(=O)c2ccc(OC(=O)[c-]3[cH-][cH-][cH-][cH-]3)cc2)cc1.CCCCCOc1ccc(OC(=O)c2ccc(OC(=O)[c-]3cccc3)cc2)cc1.[Fe]. The Balaban J connectivity index is 0.000000256.